The highest BCUT2D eigenvalue weighted by molar-refractivity contribution is 5.85. The number of benzene rings is 1. The Morgan fingerprint density at radius 2 is 1.86 bits per heavy atom. The van der Waals surface area contributed by atoms with E-state index >= 15 is 0 Å². The van der Waals surface area contributed by atoms with Gasteiger partial charge in [0, 0.05) is 44.2 Å². The van der Waals surface area contributed by atoms with E-state index in [2.05, 4.69) is 56.1 Å². The van der Waals surface area contributed by atoms with Gasteiger partial charge in [-0.2, -0.15) is 0 Å². The highest BCUT2D eigenvalue weighted by Crippen LogP contribution is 2.39. The first kappa shape index (κ1) is 18.4. The van der Waals surface area contributed by atoms with E-state index in [1.807, 2.05) is 0 Å². The molecule has 4 heteroatoms. The SMILES string of the molecule is Cc1ccc([C@H](N2CCNCC2)C(C)(C)CO)c(C)c1.Cl. The van der Waals surface area contributed by atoms with Gasteiger partial charge in [0.15, 0.2) is 0 Å². The fourth-order valence-electron chi connectivity index (χ4n) is 3.27. The molecule has 120 valence electrons. The molecule has 1 aromatic rings. The topological polar surface area (TPSA) is 35.5 Å². The van der Waals surface area contributed by atoms with Gasteiger partial charge in [-0.1, -0.05) is 37.6 Å². The number of halogens is 1. The van der Waals surface area contributed by atoms with Gasteiger partial charge in [-0.25, -0.2) is 0 Å². The van der Waals surface area contributed by atoms with Crippen molar-refractivity contribution in [3.8, 4) is 0 Å². The van der Waals surface area contributed by atoms with Gasteiger partial charge in [-0.05, 0) is 25.0 Å². The van der Waals surface area contributed by atoms with Crippen molar-refractivity contribution in [2.24, 2.45) is 5.41 Å². The Balaban J connectivity index is 0.00000220. The van der Waals surface area contributed by atoms with Crippen molar-refractivity contribution in [3.05, 3.63) is 34.9 Å². The Morgan fingerprint density at radius 1 is 1.24 bits per heavy atom. The van der Waals surface area contributed by atoms with Gasteiger partial charge in [0.2, 0.25) is 0 Å². The van der Waals surface area contributed by atoms with Crippen LogP contribution in [0.2, 0.25) is 0 Å². The maximum absolute atomic E-state index is 9.86. The zero-order valence-corrected chi connectivity index (χ0v) is 14.5. The second kappa shape index (κ2) is 7.59. The highest BCUT2D eigenvalue weighted by Gasteiger charge is 2.36. The molecule has 1 saturated heterocycles. The summed E-state index contributed by atoms with van der Waals surface area (Å²) in [7, 11) is 0. The van der Waals surface area contributed by atoms with E-state index in [9.17, 15) is 5.11 Å². The molecule has 0 spiro atoms. The number of aryl methyl sites for hydroxylation is 2. The van der Waals surface area contributed by atoms with E-state index in [4.69, 9.17) is 0 Å². The molecule has 1 heterocycles. The number of hydrogen-bond acceptors (Lipinski definition) is 3. The lowest BCUT2D eigenvalue weighted by Gasteiger charge is -2.44. The lowest BCUT2D eigenvalue weighted by atomic mass is 9.78. The molecule has 3 nitrogen and oxygen atoms in total. The minimum absolute atomic E-state index is 0. The number of nitrogens with one attached hydrogen (secondary N) is 1. The van der Waals surface area contributed by atoms with Crippen molar-refractivity contribution in [2.75, 3.05) is 32.8 Å². The zero-order chi connectivity index (χ0) is 14.8. The van der Waals surface area contributed by atoms with Gasteiger partial charge >= 0.3 is 0 Å². The van der Waals surface area contributed by atoms with E-state index in [1.165, 1.54) is 16.7 Å². The minimum Gasteiger partial charge on any atom is -0.396 e. The minimum atomic E-state index is -0.142. The number of piperazine rings is 1. The highest BCUT2D eigenvalue weighted by atomic mass is 35.5. The van der Waals surface area contributed by atoms with Gasteiger partial charge < -0.3 is 10.4 Å². The quantitative estimate of drug-likeness (QED) is 0.897. The second-order valence-electron chi connectivity index (χ2n) is 6.70. The van der Waals surface area contributed by atoms with Gasteiger partial charge in [0.1, 0.15) is 0 Å². The van der Waals surface area contributed by atoms with E-state index in [-0.39, 0.29) is 30.5 Å². The summed E-state index contributed by atoms with van der Waals surface area (Å²) in [6, 6.07) is 6.95. The fraction of sp³-hybridized carbons (Fsp3) is 0.647. The summed E-state index contributed by atoms with van der Waals surface area (Å²) < 4.78 is 0. The van der Waals surface area contributed by atoms with Crippen molar-refractivity contribution in [3.63, 3.8) is 0 Å². The molecule has 0 aliphatic carbocycles. The molecular formula is C17H29ClN2O. The number of aliphatic hydroxyl groups is 1. The van der Waals surface area contributed by atoms with Gasteiger partial charge in [0.05, 0.1) is 0 Å². The summed E-state index contributed by atoms with van der Waals surface area (Å²) in [5, 5.41) is 13.3. The van der Waals surface area contributed by atoms with Crippen LogP contribution in [0.1, 0.15) is 36.6 Å². The normalized spacial score (nSPS) is 18.1. The third kappa shape index (κ3) is 4.19. The summed E-state index contributed by atoms with van der Waals surface area (Å²) >= 11 is 0. The van der Waals surface area contributed by atoms with Gasteiger partial charge in [0.25, 0.3) is 0 Å². The molecule has 0 bridgehead atoms. The summed E-state index contributed by atoms with van der Waals surface area (Å²) in [5.74, 6) is 0. The summed E-state index contributed by atoms with van der Waals surface area (Å²) in [6.07, 6.45) is 0. The largest absolute Gasteiger partial charge is 0.396 e. The monoisotopic (exact) mass is 312 g/mol. The number of rotatable bonds is 4. The van der Waals surface area contributed by atoms with Crippen LogP contribution in [0.25, 0.3) is 0 Å². The van der Waals surface area contributed by atoms with Crippen LogP contribution in [0.15, 0.2) is 18.2 Å². The van der Waals surface area contributed by atoms with Gasteiger partial charge in [-0.3, -0.25) is 4.90 Å². The molecule has 21 heavy (non-hydrogen) atoms. The standard InChI is InChI=1S/C17H28N2O.ClH/c1-13-5-6-15(14(2)11-13)16(17(3,4)12-20)19-9-7-18-8-10-19;/h5-6,11,16,18,20H,7-10,12H2,1-4H3;1H/t16-;/m0./s1. The molecule has 0 saturated carbocycles. The average Bonchev–Trinajstić information content (AvgIpc) is 2.43. The zero-order valence-electron chi connectivity index (χ0n) is 13.6. The average molecular weight is 313 g/mol. The van der Waals surface area contributed by atoms with Crippen LogP contribution in [0, 0.1) is 19.3 Å². The molecule has 2 rings (SSSR count). The Hall–Kier alpha value is -0.610. The first-order chi connectivity index (χ1) is 9.45. The van der Waals surface area contributed by atoms with Crippen molar-refractivity contribution in [1.29, 1.82) is 0 Å². The van der Waals surface area contributed by atoms with Crippen molar-refractivity contribution >= 4 is 12.4 Å². The van der Waals surface area contributed by atoms with Gasteiger partial charge in [-0.15, -0.1) is 12.4 Å². The van der Waals surface area contributed by atoms with E-state index in [0.29, 0.717) is 0 Å². The summed E-state index contributed by atoms with van der Waals surface area (Å²) in [6.45, 7) is 13.0. The predicted molar refractivity (Wildman–Crippen MR) is 91.2 cm³/mol. The molecule has 1 fully saturated rings. The molecular weight excluding hydrogens is 284 g/mol. The third-order valence-corrected chi connectivity index (χ3v) is 4.38. The maximum Gasteiger partial charge on any atom is 0.0500 e. The Labute approximate surface area is 135 Å². The lowest BCUT2D eigenvalue weighted by Crippen LogP contribution is -2.49. The number of nitrogens with zero attached hydrogens (tertiary/aromatic N) is 1. The van der Waals surface area contributed by atoms with E-state index in [1.54, 1.807) is 0 Å². The number of aliphatic hydroxyl groups excluding tert-OH is 1. The predicted octanol–water partition coefficient (Wildman–Crippen LogP) is 2.69. The molecule has 2 N–H and O–H groups in total. The summed E-state index contributed by atoms with van der Waals surface area (Å²) in [5.41, 5.74) is 3.84. The molecule has 0 radical (unpaired) electrons. The lowest BCUT2D eigenvalue weighted by molar-refractivity contribution is 0.0302. The van der Waals surface area contributed by atoms with Crippen LogP contribution in [-0.4, -0.2) is 42.8 Å². The smallest absolute Gasteiger partial charge is 0.0500 e. The number of hydrogen-bond donors (Lipinski definition) is 2. The first-order valence-electron chi connectivity index (χ1n) is 7.58. The van der Waals surface area contributed by atoms with Crippen molar-refractivity contribution in [1.82, 2.24) is 10.2 Å². The van der Waals surface area contributed by atoms with Crippen LogP contribution < -0.4 is 5.32 Å². The van der Waals surface area contributed by atoms with Crippen LogP contribution in [-0.2, 0) is 0 Å². The molecule has 1 aromatic carbocycles. The van der Waals surface area contributed by atoms with Crippen molar-refractivity contribution in [2.45, 2.75) is 33.7 Å². The van der Waals surface area contributed by atoms with E-state index < -0.39 is 0 Å². The van der Waals surface area contributed by atoms with Crippen molar-refractivity contribution < 1.29 is 5.11 Å². The summed E-state index contributed by atoms with van der Waals surface area (Å²) in [4.78, 5) is 2.52. The van der Waals surface area contributed by atoms with E-state index in [0.717, 1.165) is 26.2 Å². The first-order valence-corrected chi connectivity index (χ1v) is 7.58. The molecule has 0 amide bonds. The molecule has 0 aromatic heterocycles. The van der Waals surface area contributed by atoms with Crippen LogP contribution >= 0.6 is 12.4 Å². The second-order valence-corrected chi connectivity index (χ2v) is 6.70. The molecule has 1 aliphatic rings. The molecule has 1 atom stereocenters. The molecule has 1 aliphatic heterocycles. The van der Waals surface area contributed by atoms with Crippen LogP contribution in [0.5, 0.6) is 0 Å². The molecule has 0 unspecified atom stereocenters. The Bertz CT molecular complexity index is 456. The van der Waals surface area contributed by atoms with Crippen LogP contribution in [0.4, 0.5) is 0 Å². The maximum atomic E-state index is 9.86. The van der Waals surface area contributed by atoms with Crippen LogP contribution in [0.3, 0.4) is 0 Å². The third-order valence-electron chi connectivity index (χ3n) is 4.38. The Morgan fingerprint density at radius 3 is 2.38 bits per heavy atom. The fourth-order valence-corrected chi connectivity index (χ4v) is 3.27. The Kier molecular flexibility index (Phi) is 6.67.